The van der Waals surface area contributed by atoms with Gasteiger partial charge in [0.15, 0.2) is 0 Å². The van der Waals surface area contributed by atoms with Crippen LogP contribution in [0.1, 0.15) is 35.1 Å². The van der Waals surface area contributed by atoms with E-state index < -0.39 is 0 Å². The smallest absolute Gasteiger partial charge is 0.143 e. The third-order valence-electron chi connectivity index (χ3n) is 14.4. The summed E-state index contributed by atoms with van der Waals surface area (Å²) in [5.74, 6) is 0. The van der Waals surface area contributed by atoms with Crippen molar-refractivity contribution in [1.29, 1.82) is 0 Å². The van der Waals surface area contributed by atoms with Crippen LogP contribution in [-0.2, 0) is 12.8 Å². The summed E-state index contributed by atoms with van der Waals surface area (Å²) in [7, 11) is 0. The van der Waals surface area contributed by atoms with Crippen LogP contribution in [0.3, 0.4) is 0 Å². The Labute approximate surface area is 387 Å². The van der Waals surface area contributed by atoms with E-state index in [-0.39, 0.29) is 0 Å². The van der Waals surface area contributed by atoms with Crippen molar-refractivity contribution in [2.45, 2.75) is 25.7 Å². The Balaban J connectivity index is 0.996. The van der Waals surface area contributed by atoms with Crippen molar-refractivity contribution in [2.75, 3.05) is 0 Å². The Morgan fingerprint density at radius 3 is 1.52 bits per heavy atom. The molecule has 0 saturated carbocycles. The van der Waals surface area contributed by atoms with E-state index in [9.17, 15) is 0 Å². The lowest BCUT2D eigenvalue weighted by molar-refractivity contribution is 0.670. The molecule has 1 nitrogen and oxygen atoms in total. The van der Waals surface area contributed by atoms with Crippen LogP contribution >= 0.6 is 11.3 Å². The zero-order chi connectivity index (χ0) is 43.3. The zero-order valence-electron chi connectivity index (χ0n) is 36.3. The number of benzene rings is 10. The summed E-state index contributed by atoms with van der Waals surface area (Å²) in [6, 6.07) is 67.4. The van der Waals surface area contributed by atoms with Crippen molar-refractivity contribution in [2.24, 2.45) is 0 Å². The van der Waals surface area contributed by atoms with Crippen molar-refractivity contribution < 1.29 is 4.42 Å². The standard InChI is InChI=1S/C64H42OS/c1-3-17-39(18-4-1)41-33-35-57-54(37-41)55-38-42(34-36-58(55)66-57)60-45-23-9-11-25-47(45)61(48-26-12-10-24-46(48)60)51-29-16-32-56-63(51)53-31-15-30-52(64(53)65-56)62-49-27-13-7-21-43(49)59(40-19-5-2-6-20-40)44-22-8-14-28-50(44)62/h1-11,13,15-25,27,29-38H,12,14,26,28H2. The molecule has 310 valence electrons. The van der Waals surface area contributed by atoms with Crippen LogP contribution < -0.4 is 0 Å². The molecule has 0 saturated heterocycles. The fourth-order valence-corrected chi connectivity index (χ4v) is 12.7. The lowest BCUT2D eigenvalue weighted by atomic mass is 9.79. The topological polar surface area (TPSA) is 13.1 Å². The molecule has 0 spiro atoms. The lowest BCUT2D eigenvalue weighted by Crippen LogP contribution is -2.03. The van der Waals surface area contributed by atoms with Crippen LogP contribution in [0, 0.1) is 0 Å². The number of thiophene rings is 1. The van der Waals surface area contributed by atoms with Gasteiger partial charge in [0.25, 0.3) is 0 Å². The summed E-state index contributed by atoms with van der Waals surface area (Å²) in [5.41, 5.74) is 20.0. The highest BCUT2D eigenvalue weighted by Crippen LogP contribution is 2.51. The first-order valence-corrected chi connectivity index (χ1v) is 24.1. The first-order valence-electron chi connectivity index (χ1n) is 23.3. The molecule has 66 heavy (non-hydrogen) atoms. The minimum atomic E-state index is 0.923. The second kappa shape index (κ2) is 14.9. The third-order valence-corrected chi connectivity index (χ3v) is 15.6. The summed E-state index contributed by atoms with van der Waals surface area (Å²) < 4.78 is 9.82. The van der Waals surface area contributed by atoms with Crippen LogP contribution in [0.2, 0.25) is 0 Å². The molecule has 0 N–H and O–H groups in total. The van der Waals surface area contributed by atoms with Gasteiger partial charge in [-0.15, -0.1) is 11.3 Å². The molecule has 2 heteroatoms. The summed E-state index contributed by atoms with van der Waals surface area (Å²) in [6.45, 7) is 0. The Hall–Kier alpha value is -7.78. The number of hydrogen-bond donors (Lipinski definition) is 0. The highest BCUT2D eigenvalue weighted by Gasteiger charge is 2.27. The largest absolute Gasteiger partial charge is 0.455 e. The van der Waals surface area contributed by atoms with E-state index in [1.165, 1.54) is 119 Å². The summed E-state index contributed by atoms with van der Waals surface area (Å²) in [6.07, 6.45) is 13.5. The molecule has 0 unspecified atom stereocenters. The molecule has 0 atom stereocenters. The normalized spacial score (nSPS) is 13.4. The molecule has 2 aliphatic carbocycles. The fraction of sp³-hybridized carbons (Fsp3) is 0.0625. The van der Waals surface area contributed by atoms with E-state index in [0.717, 1.165) is 47.8 Å². The molecule has 2 heterocycles. The molecule has 2 aromatic heterocycles. The molecule has 0 radical (unpaired) electrons. The van der Waals surface area contributed by atoms with Crippen LogP contribution in [0.15, 0.2) is 199 Å². The van der Waals surface area contributed by atoms with Gasteiger partial charge in [-0.1, -0.05) is 176 Å². The Bertz CT molecular complexity index is 4030. The first kappa shape index (κ1) is 37.6. The molecule has 2 aliphatic rings. The minimum Gasteiger partial charge on any atom is -0.455 e. The molecule has 10 aromatic carbocycles. The van der Waals surface area contributed by atoms with E-state index in [1.807, 2.05) is 11.3 Å². The predicted molar refractivity (Wildman–Crippen MR) is 284 cm³/mol. The summed E-state index contributed by atoms with van der Waals surface area (Å²) in [5, 5.41) is 10.1. The SMILES string of the molecule is C1=Cc2c(c(-c3cccc4c3oc3cccc(-c5c6c(c(-c7ccc8sc9ccc(-c%10ccccc%10)cc9c8c7)c7ccccc57)C=CCC6)c34)c3ccccc3c2-c2ccccc2)CC1. The maximum absolute atomic E-state index is 7.18. The second-order valence-corrected chi connectivity index (χ2v) is 19.1. The van der Waals surface area contributed by atoms with Gasteiger partial charge in [-0.25, -0.2) is 0 Å². The first-order chi connectivity index (χ1) is 32.8. The fourth-order valence-electron chi connectivity index (χ4n) is 11.6. The van der Waals surface area contributed by atoms with Crippen molar-refractivity contribution in [3.8, 4) is 55.6 Å². The monoisotopic (exact) mass is 858 g/mol. The van der Waals surface area contributed by atoms with Crippen LogP contribution in [0.5, 0.6) is 0 Å². The quantitative estimate of drug-likeness (QED) is 0.168. The van der Waals surface area contributed by atoms with Gasteiger partial charge in [-0.2, -0.15) is 0 Å². The predicted octanol–water partition coefficient (Wildman–Crippen LogP) is 18.5. The van der Waals surface area contributed by atoms with Gasteiger partial charge in [0, 0.05) is 36.5 Å². The molecule has 14 rings (SSSR count). The van der Waals surface area contributed by atoms with E-state index >= 15 is 0 Å². The van der Waals surface area contributed by atoms with Crippen LogP contribution in [0.4, 0.5) is 0 Å². The maximum atomic E-state index is 7.18. The van der Waals surface area contributed by atoms with Crippen molar-refractivity contribution >= 4 is 87.1 Å². The van der Waals surface area contributed by atoms with Gasteiger partial charge in [0.1, 0.15) is 11.2 Å². The summed E-state index contributed by atoms with van der Waals surface area (Å²) in [4.78, 5) is 0. The number of hydrogen-bond acceptors (Lipinski definition) is 2. The van der Waals surface area contributed by atoms with Gasteiger partial charge >= 0.3 is 0 Å². The van der Waals surface area contributed by atoms with E-state index in [4.69, 9.17) is 4.42 Å². The van der Waals surface area contributed by atoms with E-state index in [2.05, 4.69) is 206 Å². The van der Waals surface area contributed by atoms with Gasteiger partial charge in [0.05, 0.1) is 0 Å². The number of furan rings is 1. The molecular formula is C64H42OS. The van der Waals surface area contributed by atoms with Gasteiger partial charge in [-0.05, 0) is 150 Å². The molecule has 0 aliphatic heterocycles. The third kappa shape index (κ3) is 5.65. The van der Waals surface area contributed by atoms with E-state index in [1.54, 1.807) is 0 Å². The van der Waals surface area contributed by atoms with Gasteiger partial charge < -0.3 is 4.42 Å². The highest BCUT2D eigenvalue weighted by molar-refractivity contribution is 7.25. The highest BCUT2D eigenvalue weighted by atomic mass is 32.1. The molecule has 0 fully saturated rings. The number of fused-ring (bicyclic) bond motifs is 10. The lowest BCUT2D eigenvalue weighted by Gasteiger charge is -2.24. The van der Waals surface area contributed by atoms with Gasteiger partial charge in [-0.3, -0.25) is 0 Å². The Kier molecular flexibility index (Phi) is 8.48. The second-order valence-electron chi connectivity index (χ2n) is 18.0. The average molecular weight is 859 g/mol. The maximum Gasteiger partial charge on any atom is 0.143 e. The zero-order valence-corrected chi connectivity index (χ0v) is 37.1. The van der Waals surface area contributed by atoms with Crippen molar-refractivity contribution in [3.63, 3.8) is 0 Å². The number of rotatable bonds is 5. The van der Waals surface area contributed by atoms with Gasteiger partial charge in [0.2, 0.25) is 0 Å². The molecule has 12 aromatic rings. The van der Waals surface area contributed by atoms with Crippen LogP contribution in [-0.4, -0.2) is 0 Å². The average Bonchev–Trinajstić information content (AvgIpc) is 3.96. The van der Waals surface area contributed by atoms with Crippen molar-refractivity contribution in [1.82, 2.24) is 0 Å². The number of allylic oxidation sites excluding steroid dienone is 2. The van der Waals surface area contributed by atoms with Crippen molar-refractivity contribution in [3.05, 3.63) is 216 Å². The Morgan fingerprint density at radius 1 is 0.364 bits per heavy atom. The minimum absolute atomic E-state index is 0.923. The Morgan fingerprint density at radius 2 is 0.864 bits per heavy atom. The molecule has 0 amide bonds. The summed E-state index contributed by atoms with van der Waals surface area (Å²) >= 11 is 1.88. The molecule has 0 bridgehead atoms. The number of para-hydroxylation sites is 1. The van der Waals surface area contributed by atoms with Crippen LogP contribution in [0.25, 0.3) is 131 Å². The van der Waals surface area contributed by atoms with E-state index in [0.29, 0.717) is 0 Å². The molecular weight excluding hydrogens is 817 g/mol.